The zero-order valence-electron chi connectivity index (χ0n) is 12.5. The van der Waals surface area contributed by atoms with E-state index < -0.39 is 9.84 Å². The molecule has 19 heavy (non-hydrogen) atoms. The molecule has 0 aliphatic heterocycles. The topological polar surface area (TPSA) is 64.0 Å². The first kappa shape index (κ1) is 16.2. The quantitative estimate of drug-likeness (QED) is 0.861. The molecule has 6 heteroatoms. The Kier molecular flexibility index (Phi) is 5.15. The molecule has 5 nitrogen and oxygen atoms in total. The van der Waals surface area contributed by atoms with E-state index in [4.69, 9.17) is 0 Å². The number of sulfone groups is 1. The highest BCUT2D eigenvalue weighted by molar-refractivity contribution is 7.90. The van der Waals surface area contributed by atoms with Gasteiger partial charge < -0.3 is 5.32 Å². The van der Waals surface area contributed by atoms with Crippen LogP contribution in [-0.4, -0.2) is 35.7 Å². The standard InChI is InChI=1S/C13H25N3O2S/c1-11-12(9-14-13(2,3)4)10-15-16(11)7-6-8-19(5,17)18/h10,14H,6-9H2,1-5H3. The van der Waals surface area contributed by atoms with Gasteiger partial charge >= 0.3 is 0 Å². The van der Waals surface area contributed by atoms with Crippen LogP contribution in [0.2, 0.25) is 0 Å². The van der Waals surface area contributed by atoms with Gasteiger partial charge in [0.05, 0.1) is 11.9 Å². The van der Waals surface area contributed by atoms with E-state index in [0.717, 1.165) is 17.8 Å². The first-order chi connectivity index (χ1) is 8.58. The van der Waals surface area contributed by atoms with Gasteiger partial charge in [-0.05, 0) is 34.1 Å². The van der Waals surface area contributed by atoms with E-state index in [1.54, 1.807) is 0 Å². The molecule has 0 aromatic carbocycles. The summed E-state index contributed by atoms with van der Waals surface area (Å²) in [7, 11) is -2.88. The number of hydrogen-bond donors (Lipinski definition) is 1. The molecule has 0 saturated heterocycles. The van der Waals surface area contributed by atoms with Gasteiger partial charge in [-0.25, -0.2) is 8.42 Å². The summed E-state index contributed by atoms with van der Waals surface area (Å²) >= 11 is 0. The summed E-state index contributed by atoms with van der Waals surface area (Å²) in [5.74, 6) is 0.210. The van der Waals surface area contributed by atoms with Gasteiger partial charge in [0.25, 0.3) is 0 Å². The van der Waals surface area contributed by atoms with E-state index >= 15 is 0 Å². The highest BCUT2D eigenvalue weighted by Gasteiger charge is 2.12. The van der Waals surface area contributed by atoms with Gasteiger partial charge in [-0.15, -0.1) is 0 Å². The van der Waals surface area contributed by atoms with E-state index in [-0.39, 0.29) is 11.3 Å². The number of aryl methyl sites for hydroxylation is 1. The predicted octanol–water partition coefficient (Wildman–Crippen LogP) is 1.51. The molecule has 0 spiro atoms. The number of hydrogen-bond acceptors (Lipinski definition) is 4. The maximum atomic E-state index is 11.1. The lowest BCUT2D eigenvalue weighted by Gasteiger charge is -2.20. The van der Waals surface area contributed by atoms with Gasteiger partial charge in [-0.1, -0.05) is 0 Å². The van der Waals surface area contributed by atoms with Crippen molar-refractivity contribution >= 4 is 9.84 Å². The zero-order chi connectivity index (χ0) is 14.7. The van der Waals surface area contributed by atoms with Crippen molar-refractivity contribution in [3.05, 3.63) is 17.5 Å². The van der Waals surface area contributed by atoms with Crippen LogP contribution < -0.4 is 5.32 Å². The molecule has 0 radical (unpaired) electrons. The zero-order valence-corrected chi connectivity index (χ0v) is 13.3. The number of nitrogens with one attached hydrogen (secondary N) is 1. The first-order valence-electron chi connectivity index (χ1n) is 6.52. The summed E-state index contributed by atoms with van der Waals surface area (Å²) in [6, 6.07) is 0. The summed E-state index contributed by atoms with van der Waals surface area (Å²) in [5, 5.41) is 7.74. The minimum atomic E-state index is -2.88. The van der Waals surface area contributed by atoms with Crippen molar-refractivity contribution in [1.82, 2.24) is 15.1 Å². The van der Waals surface area contributed by atoms with Crippen LogP contribution in [0.5, 0.6) is 0 Å². The van der Waals surface area contributed by atoms with E-state index in [2.05, 4.69) is 31.2 Å². The van der Waals surface area contributed by atoms with Crippen LogP contribution in [0, 0.1) is 6.92 Å². The van der Waals surface area contributed by atoms with Crippen LogP contribution in [0.15, 0.2) is 6.20 Å². The molecule has 0 bridgehead atoms. The molecule has 1 aromatic rings. The third kappa shape index (κ3) is 6.20. The normalized spacial score (nSPS) is 12.9. The molecule has 1 N–H and O–H groups in total. The molecule has 110 valence electrons. The van der Waals surface area contributed by atoms with Gasteiger partial charge in [0.2, 0.25) is 0 Å². The lowest BCUT2D eigenvalue weighted by Crippen LogP contribution is -2.35. The van der Waals surface area contributed by atoms with E-state index in [1.807, 2.05) is 17.8 Å². The number of nitrogens with zero attached hydrogens (tertiary/aromatic N) is 2. The molecular weight excluding hydrogens is 262 g/mol. The number of aromatic nitrogens is 2. The molecule has 0 unspecified atom stereocenters. The van der Waals surface area contributed by atoms with E-state index in [9.17, 15) is 8.42 Å². The second-order valence-electron chi connectivity index (χ2n) is 6.07. The van der Waals surface area contributed by atoms with Crippen molar-refractivity contribution in [2.45, 2.75) is 52.7 Å². The molecule has 0 saturated carbocycles. The Balaban J connectivity index is 2.56. The Morgan fingerprint density at radius 2 is 2.00 bits per heavy atom. The number of rotatable bonds is 6. The molecule has 0 aliphatic rings. The fourth-order valence-electron chi connectivity index (χ4n) is 1.72. The fourth-order valence-corrected chi connectivity index (χ4v) is 2.37. The Morgan fingerprint density at radius 3 is 2.53 bits per heavy atom. The predicted molar refractivity (Wildman–Crippen MR) is 77.9 cm³/mol. The summed E-state index contributed by atoms with van der Waals surface area (Å²) in [4.78, 5) is 0. The van der Waals surface area contributed by atoms with Gasteiger partial charge in [0.15, 0.2) is 0 Å². The minimum absolute atomic E-state index is 0.0742. The third-order valence-electron chi connectivity index (χ3n) is 2.90. The molecule has 0 fully saturated rings. The van der Waals surface area contributed by atoms with E-state index in [1.165, 1.54) is 6.26 Å². The van der Waals surface area contributed by atoms with Crippen molar-refractivity contribution < 1.29 is 8.42 Å². The smallest absolute Gasteiger partial charge is 0.147 e. The average Bonchev–Trinajstić information content (AvgIpc) is 2.55. The molecule has 1 heterocycles. The summed E-state index contributed by atoms with van der Waals surface area (Å²) in [6.45, 7) is 9.82. The Hall–Kier alpha value is -0.880. The minimum Gasteiger partial charge on any atom is -0.308 e. The Labute approximate surface area is 116 Å². The van der Waals surface area contributed by atoms with Gasteiger partial charge in [0.1, 0.15) is 9.84 Å². The van der Waals surface area contributed by atoms with E-state index in [0.29, 0.717) is 13.0 Å². The largest absolute Gasteiger partial charge is 0.308 e. The second kappa shape index (κ2) is 6.05. The lowest BCUT2D eigenvalue weighted by molar-refractivity contribution is 0.423. The highest BCUT2D eigenvalue weighted by atomic mass is 32.2. The molecule has 0 atom stereocenters. The van der Waals surface area contributed by atoms with Crippen molar-refractivity contribution in [3.63, 3.8) is 0 Å². The van der Waals surface area contributed by atoms with Crippen molar-refractivity contribution in [2.75, 3.05) is 12.0 Å². The van der Waals surface area contributed by atoms with Gasteiger partial charge in [-0.2, -0.15) is 5.10 Å². The van der Waals surface area contributed by atoms with Crippen LogP contribution >= 0.6 is 0 Å². The van der Waals surface area contributed by atoms with Crippen molar-refractivity contribution in [3.8, 4) is 0 Å². The van der Waals surface area contributed by atoms with Gasteiger partial charge in [0, 0.05) is 36.1 Å². The molecular formula is C13H25N3O2S. The average molecular weight is 287 g/mol. The molecule has 1 rings (SSSR count). The van der Waals surface area contributed by atoms with Crippen LogP contribution in [0.3, 0.4) is 0 Å². The third-order valence-corrected chi connectivity index (χ3v) is 3.93. The first-order valence-corrected chi connectivity index (χ1v) is 8.58. The summed E-state index contributed by atoms with van der Waals surface area (Å²) < 4.78 is 24.0. The maximum Gasteiger partial charge on any atom is 0.147 e. The van der Waals surface area contributed by atoms with Crippen molar-refractivity contribution in [1.29, 1.82) is 0 Å². The highest BCUT2D eigenvalue weighted by Crippen LogP contribution is 2.10. The molecule has 0 aliphatic carbocycles. The van der Waals surface area contributed by atoms with Gasteiger partial charge in [-0.3, -0.25) is 4.68 Å². The molecule has 0 amide bonds. The summed E-state index contributed by atoms with van der Waals surface area (Å²) in [6.07, 6.45) is 3.73. The second-order valence-corrected chi connectivity index (χ2v) is 8.33. The maximum absolute atomic E-state index is 11.1. The van der Waals surface area contributed by atoms with Crippen LogP contribution in [-0.2, 0) is 22.9 Å². The molecule has 1 aromatic heterocycles. The Morgan fingerprint density at radius 1 is 1.37 bits per heavy atom. The lowest BCUT2D eigenvalue weighted by atomic mass is 10.1. The van der Waals surface area contributed by atoms with Crippen LogP contribution in [0.1, 0.15) is 38.4 Å². The monoisotopic (exact) mass is 287 g/mol. The summed E-state index contributed by atoms with van der Waals surface area (Å²) in [5.41, 5.74) is 2.34. The fraction of sp³-hybridized carbons (Fsp3) is 0.769. The van der Waals surface area contributed by atoms with Crippen LogP contribution in [0.4, 0.5) is 0 Å². The van der Waals surface area contributed by atoms with Crippen molar-refractivity contribution in [2.24, 2.45) is 0 Å². The van der Waals surface area contributed by atoms with Crippen LogP contribution in [0.25, 0.3) is 0 Å². The Bertz CT molecular complexity index is 512. The SMILES string of the molecule is Cc1c(CNC(C)(C)C)cnn1CCCS(C)(=O)=O.